The van der Waals surface area contributed by atoms with Crippen molar-refractivity contribution in [2.45, 2.75) is 13.0 Å². The van der Waals surface area contributed by atoms with E-state index in [1.807, 2.05) is 0 Å². The minimum atomic E-state index is -0.538. The van der Waals surface area contributed by atoms with E-state index in [0.717, 1.165) is 0 Å². The number of benzene rings is 1. The Morgan fingerprint density at radius 2 is 1.96 bits per heavy atom. The number of carbonyl (C=O) groups is 2. The lowest BCUT2D eigenvalue weighted by Gasteiger charge is -2.19. The lowest BCUT2D eigenvalue weighted by Crippen LogP contribution is -2.44. The quantitative estimate of drug-likeness (QED) is 0.820. The van der Waals surface area contributed by atoms with Crippen molar-refractivity contribution < 1.29 is 23.6 Å². The molecule has 0 aliphatic carbocycles. The SMILES string of the molecule is C[C@@H](C(=O)Nc1ccc2c(c1)OCCO2)[n+]1cccc(C(N)=O)c1. The smallest absolute Gasteiger partial charge is 0.293 e. The van der Waals surface area contributed by atoms with Crippen LogP contribution in [0, 0.1) is 0 Å². The Bertz CT molecular complexity index is 791. The summed E-state index contributed by atoms with van der Waals surface area (Å²) in [4.78, 5) is 23.7. The summed E-state index contributed by atoms with van der Waals surface area (Å²) < 4.78 is 12.6. The number of anilines is 1. The molecule has 0 bridgehead atoms. The van der Waals surface area contributed by atoms with Crippen molar-refractivity contribution in [2.75, 3.05) is 18.5 Å². The Labute approximate surface area is 139 Å². The van der Waals surface area contributed by atoms with Gasteiger partial charge in [-0.05, 0) is 18.2 Å². The zero-order chi connectivity index (χ0) is 17.1. The van der Waals surface area contributed by atoms with E-state index in [1.165, 1.54) is 0 Å². The number of hydrogen-bond acceptors (Lipinski definition) is 4. The highest BCUT2D eigenvalue weighted by molar-refractivity contribution is 5.93. The molecule has 0 fully saturated rings. The van der Waals surface area contributed by atoms with Crippen LogP contribution in [0.25, 0.3) is 0 Å². The fraction of sp³-hybridized carbons (Fsp3) is 0.235. The molecule has 0 radical (unpaired) electrons. The van der Waals surface area contributed by atoms with Crippen molar-refractivity contribution >= 4 is 17.5 Å². The highest BCUT2D eigenvalue weighted by Crippen LogP contribution is 2.32. The number of nitrogens with one attached hydrogen (secondary N) is 1. The van der Waals surface area contributed by atoms with Gasteiger partial charge in [-0.15, -0.1) is 0 Å². The average molecular weight is 328 g/mol. The number of nitrogens with zero attached hydrogens (tertiary/aromatic N) is 1. The molecule has 3 rings (SSSR count). The van der Waals surface area contributed by atoms with Crippen LogP contribution in [-0.4, -0.2) is 25.0 Å². The van der Waals surface area contributed by atoms with Crippen LogP contribution in [0.4, 0.5) is 5.69 Å². The molecule has 0 spiro atoms. The molecule has 1 atom stereocenters. The zero-order valence-corrected chi connectivity index (χ0v) is 13.2. The molecule has 1 aliphatic rings. The van der Waals surface area contributed by atoms with E-state index in [1.54, 1.807) is 54.2 Å². The van der Waals surface area contributed by atoms with Gasteiger partial charge in [-0.2, -0.15) is 4.57 Å². The van der Waals surface area contributed by atoms with Gasteiger partial charge in [0.05, 0.1) is 0 Å². The number of rotatable bonds is 4. The normalized spacial score (nSPS) is 13.9. The molecule has 2 aromatic rings. The molecule has 7 heteroatoms. The van der Waals surface area contributed by atoms with Crippen molar-refractivity contribution in [2.24, 2.45) is 5.73 Å². The maximum absolute atomic E-state index is 12.4. The molecule has 7 nitrogen and oxygen atoms in total. The van der Waals surface area contributed by atoms with Crippen LogP contribution in [0.15, 0.2) is 42.7 Å². The second kappa shape index (κ2) is 6.57. The van der Waals surface area contributed by atoms with Crippen LogP contribution >= 0.6 is 0 Å². The van der Waals surface area contributed by atoms with Gasteiger partial charge in [0.2, 0.25) is 6.04 Å². The van der Waals surface area contributed by atoms with E-state index in [9.17, 15) is 9.59 Å². The summed E-state index contributed by atoms with van der Waals surface area (Å²) in [7, 11) is 0. The number of pyridine rings is 1. The summed E-state index contributed by atoms with van der Waals surface area (Å²) in [6.07, 6.45) is 3.26. The average Bonchev–Trinajstić information content (AvgIpc) is 2.61. The summed E-state index contributed by atoms with van der Waals surface area (Å²) in [5.74, 6) is 0.507. The van der Waals surface area contributed by atoms with Gasteiger partial charge < -0.3 is 20.5 Å². The fourth-order valence-electron chi connectivity index (χ4n) is 2.38. The van der Waals surface area contributed by atoms with Gasteiger partial charge in [0.1, 0.15) is 18.8 Å². The molecule has 2 amide bonds. The third-order valence-corrected chi connectivity index (χ3v) is 3.74. The van der Waals surface area contributed by atoms with Crippen molar-refractivity contribution in [3.63, 3.8) is 0 Å². The number of aromatic nitrogens is 1. The highest BCUT2D eigenvalue weighted by atomic mass is 16.6. The molecule has 0 saturated carbocycles. The summed E-state index contributed by atoms with van der Waals surface area (Å²) >= 11 is 0. The molecule has 0 unspecified atom stereocenters. The largest absolute Gasteiger partial charge is 0.486 e. The minimum Gasteiger partial charge on any atom is -0.486 e. The summed E-state index contributed by atoms with van der Waals surface area (Å²) in [6.45, 7) is 2.73. The first kappa shape index (κ1) is 15.8. The van der Waals surface area contributed by atoms with Crippen LogP contribution in [0.5, 0.6) is 11.5 Å². The predicted molar refractivity (Wildman–Crippen MR) is 85.9 cm³/mol. The molecule has 0 saturated heterocycles. The molecule has 1 aromatic carbocycles. The number of carbonyl (C=O) groups excluding carboxylic acids is 2. The van der Waals surface area contributed by atoms with Gasteiger partial charge in [0.15, 0.2) is 23.9 Å². The van der Waals surface area contributed by atoms with Gasteiger partial charge in [0, 0.05) is 24.7 Å². The van der Waals surface area contributed by atoms with E-state index < -0.39 is 11.9 Å². The predicted octanol–water partition coefficient (Wildman–Crippen LogP) is 1.04. The molecular formula is C17H18N3O4+. The number of primary amides is 1. The topological polar surface area (TPSA) is 94.5 Å². The third kappa shape index (κ3) is 3.29. The van der Waals surface area contributed by atoms with Crippen molar-refractivity contribution in [1.29, 1.82) is 0 Å². The van der Waals surface area contributed by atoms with Crippen LogP contribution in [0.1, 0.15) is 23.3 Å². The second-order valence-corrected chi connectivity index (χ2v) is 5.43. The molecule has 124 valence electrons. The molecule has 2 heterocycles. The first-order valence-corrected chi connectivity index (χ1v) is 7.56. The number of amides is 2. The van der Waals surface area contributed by atoms with Gasteiger partial charge in [-0.3, -0.25) is 9.59 Å². The maximum Gasteiger partial charge on any atom is 0.293 e. The van der Waals surface area contributed by atoms with E-state index in [2.05, 4.69) is 5.32 Å². The fourth-order valence-corrected chi connectivity index (χ4v) is 2.38. The Hall–Kier alpha value is -3.09. The van der Waals surface area contributed by atoms with E-state index >= 15 is 0 Å². The van der Waals surface area contributed by atoms with Crippen molar-refractivity contribution in [3.8, 4) is 11.5 Å². The highest BCUT2D eigenvalue weighted by Gasteiger charge is 2.23. The van der Waals surface area contributed by atoms with Crippen molar-refractivity contribution in [1.82, 2.24) is 0 Å². The number of fused-ring (bicyclic) bond motifs is 1. The van der Waals surface area contributed by atoms with Crippen LogP contribution in [0.2, 0.25) is 0 Å². The van der Waals surface area contributed by atoms with Gasteiger partial charge in [0.25, 0.3) is 11.8 Å². The zero-order valence-electron chi connectivity index (χ0n) is 13.2. The first-order chi connectivity index (χ1) is 11.5. The van der Waals surface area contributed by atoms with E-state index in [4.69, 9.17) is 15.2 Å². The Morgan fingerprint density at radius 3 is 2.71 bits per heavy atom. The van der Waals surface area contributed by atoms with Crippen LogP contribution < -0.4 is 25.1 Å². The van der Waals surface area contributed by atoms with Crippen LogP contribution in [-0.2, 0) is 4.79 Å². The van der Waals surface area contributed by atoms with Gasteiger partial charge >= 0.3 is 0 Å². The lowest BCUT2D eigenvalue weighted by molar-refractivity contribution is -0.705. The van der Waals surface area contributed by atoms with Crippen molar-refractivity contribution in [3.05, 3.63) is 48.3 Å². The minimum absolute atomic E-state index is 0.224. The monoisotopic (exact) mass is 328 g/mol. The Morgan fingerprint density at radius 1 is 1.21 bits per heavy atom. The third-order valence-electron chi connectivity index (χ3n) is 3.74. The Kier molecular flexibility index (Phi) is 4.33. The van der Waals surface area contributed by atoms with Crippen LogP contribution in [0.3, 0.4) is 0 Å². The molecule has 1 aromatic heterocycles. The van der Waals surface area contributed by atoms with Gasteiger partial charge in [-0.1, -0.05) is 0 Å². The van der Waals surface area contributed by atoms with Gasteiger partial charge in [-0.25, -0.2) is 0 Å². The van der Waals surface area contributed by atoms with E-state index in [0.29, 0.717) is 36.0 Å². The standard InChI is InChI=1S/C17H17N3O4/c1-11(20-6-2-3-12(10-20)16(18)21)17(22)19-13-4-5-14-15(9-13)24-8-7-23-14/h2-6,9-11H,7-8H2,1H3,(H2-,18,19,21,22)/p+1/t11-/m0/s1. The number of hydrogen-bond donors (Lipinski definition) is 2. The maximum atomic E-state index is 12.4. The molecule has 24 heavy (non-hydrogen) atoms. The number of ether oxygens (including phenoxy) is 2. The number of nitrogens with two attached hydrogens (primary N) is 1. The summed E-state index contributed by atoms with van der Waals surface area (Å²) in [5, 5.41) is 2.83. The second-order valence-electron chi connectivity index (χ2n) is 5.43. The first-order valence-electron chi connectivity index (χ1n) is 7.56. The molecular weight excluding hydrogens is 310 g/mol. The summed E-state index contributed by atoms with van der Waals surface area (Å²) in [5.41, 5.74) is 6.23. The Balaban J connectivity index is 1.74. The molecule has 3 N–H and O–H groups in total. The van der Waals surface area contributed by atoms with E-state index in [-0.39, 0.29) is 5.91 Å². The summed E-state index contributed by atoms with van der Waals surface area (Å²) in [6, 6.07) is 8.00. The lowest BCUT2D eigenvalue weighted by atomic mass is 10.2. The molecule has 1 aliphatic heterocycles.